The number of nitrogens with one attached hydrogen (secondary N) is 1. The molecule has 0 fully saturated rings. The van der Waals surface area contributed by atoms with E-state index in [2.05, 4.69) is 83.6 Å². The number of carbonyl (C=O) groups is 1. The minimum absolute atomic E-state index is 0.213. The first-order valence-corrected chi connectivity index (χ1v) is 17.3. The van der Waals surface area contributed by atoms with E-state index >= 15 is 0 Å². The van der Waals surface area contributed by atoms with Crippen LogP contribution in [0.5, 0.6) is 0 Å². The van der Waals surface area contributed by atoms with Crippen LogP contribution in [-0.4, -0.2) is 102 Å². The van der Waals surface area contributed by atoms with Crippen molar-refractivity contribution in [1.29, 1.82) is 0 Å². The Balaban J connectivity index is 1.48. The molecule has 0 radical (unpaired) electrons. The van der Waals surface area contributed by atoms with E-state index in [9.17, 15) is 4.79 Å². The molecule has 2 rings (SSSR count). The van der Waals surface area contributed by atoms with Crippen molar-refractivity contribution in [2.45, 2.75) is 45.8 Å². The molecule has 0 saturated heterocycles. The number of fused-ring (bicyclic) bond motifs is 1. The number of aromatic nitrogens is 2. The highest BCUT2D eigenvalue weighted by Gasteiger charge is 2.36. The van der Waals surface area contributed by atoms with Crippen LogP contribution in [0.4, 0.5) is 0 Å². The minimum atomic E-state index is -1.70. The standard InChI is InChI=1S/C27H45IN4O5Si/c1-7-32(11-10-29-26(33)25-21-30-24-20-22(28)8-9-23(24)31-25)12-13-34-14-15-35-16-17-36-18-19-37-38(5,6)27(2,3)4/h8-9,20-21H,7,10-19H2,1-6H3,(H,29,33). The smallest absolute Gasteiger partial charge is 0.271 e. The summed E-state index contributed by atoms with van der Waals surface area (Å²) in [6.07, 6.45) is 1.53. The molecule has 38 heavy (non-hydrogen) atoms. The summed E-state index contributed by atoms with van der Waals surface area (Å²) >= 11 is 2.23. The van der Waals surface area contributed by atoms with Crippen molar-refractivity contribution >= 4 is 47.8 Å². The van der Waals surface area contributed by atoms with Gasteiger partial charge in [-0.05, 0) is 65.5 Å². The second-order valence-corrected chi connectivity index (χ2v) is 16.6. The zero-order valence-electron chi connectivity index (χ0n) is 23.8. The van der Waals surface area contributed by atoms with Gasteiger partial charge in [-0.15, -0.1) is 0 Å². The minimum Gasteiger partial charge on any atom is -0.414 e. The Morgan fingerprint density at radius 1 is 0.974 bits per heavy atom. The van der Waals surface area contributed by atoms with E-state index in [1.807, 2.05) is 18.2 Å². The average Bonchev–Trinajstić information content (AvgIpc) is 2.87. The van der Waals surface area contributed by atoms with Crippen molar-refractivity contribution < 1.29 is 23.4 Å². The van der Waals surface area contributed by atoms with Crippen molar-refractivity contribution in [3.8, 4) is 0 Å². The lowest BCUT2D eigenvalue weighted by Crippen LogP contribution is -2.41. The van der Waals surface area contributed by atoms with Crippen molar-refractivity contribution in [2.24, 2.45) is 0 Å². The van der Waals surface area contributed by atoms with Gasteiger partial charge in [0.25, 0.3) is 5.91 Å². The highest BCUT2D eigenvalue weighted by atomic mass is 127. The van der Waals surface area contributed by atoms with Gasteiger partial charge in [0, 0.05) is 23.2 Å². The molecule has 214 valence electrons. The molecule has 0 bridgehead atoms. The lowest BCUT2D eigenvalue weighted by atomic mass is 10.2. The highest BCUT2D eigenvalue weighted by molar-refractivity contribution is 14.1. The second-order valence-electron chi connectivity index (χ2n) is 10.5. The maximum absolute atomic E-state index is 12.5. The third-order valence-electron chi connectivity index (χ3n) is 6.69. The predicted octanol–water partition coefficient (Wildman–Crippen LogP) is 4.36. The number of ether oxygens (including phenoxy) is 3. The summed E-state index contributed by atoms with van der Waals surface area (Å²) in [5, 5.41) is 3.15. The van der Waals surface area contributed by atoms with Gasteiger partial charge in [-0.1, -0.05) is 27.7 Å². The number of nitrogens with zero attached hydrogens (tertiary/aromatic N) is 3. The molecule has 1 N–H and O–H groups in total. The van der Waals surface area contributed by atoms with Crippen LogP contribution in [0.2, 0.25) is 18.1 Å². The van der Waals surface area contributed by atoms with E-state index in [1.54, 1.807) is 0 Å². The number of benzene rings is 1. The largest absolute Gasteiger partial charge is 0.414 e. The molecular weight excluding hydrogens is 615 g/mol. The van der Waals surface area contributed by atoms with E-state index in [-0.39, 0.29) is 10.9 Å². The number of carbonyl (C=O) groups excluding carboxylic acids is 1. The lowest BCUT2D eigenvalue weighted by Gasteiger charge is -2.36. The fourth-order valence-corrected chi connectivity index (χ4v) is 4.75. The van der Waals surface area contributed by atoms with Gasteiger partial charge in [0.2, 0.25) is 0 Å². The van der Waals surface area contributed by atoms with Crippen LogP contribution >= 0.6 is 22.6 Å². The molecule has 11 heteroatoms. The molecule has 0 spiro atoms. The second kappa shape index (κ2) is 16.8. The Hall–Kier alpha value is -1.22. The van der Waals surface area contributed by atoms with Crippen LogP contribution < -0.4 is 5.32 Å². The van der Waals surface area contributed by atoms with Gasteiger partial charge in [-0.3, -0.25) is 14.7 Å². The molecule has 0 saturated carbocycles. The monoisotopic (exact) mass is 660 g/mol. The first-order chi connectivity index (χ1) is 18.0. The van der Waals surface area contributed by atoms with E-state index in [0.29, 0.717) is 64.0 Å². The zero-order chi connectivity index (χ0) is 28.0. The first-order valence-electron chi connectivity index (χ1n) is 13.3. The maximum atomic E-state index is 12.5. The van der Waals surface area contributed by atoms with Crippen molar-refractivity contribution in [3.63, 3.8) is 0 Å². The van der Waals surface area contributed by atoms with Crippen LogP contribution in [0.3, 0.4) is 0 Å². The van der Waals surface area contributed by atoms with E-state index < -0.39 is 8.32 Å². The molecule has 1 aromatic heterocycles. The van der Waals surface area contributed by atoms with Gasteiger partial charge < -0.3 is 24.0 Å². The fourth-order valence-electron chi connectivity index (χ4n) is 3.25. The average molecular weight is 661 g/mol. The Bertz CT molecular complexity index is 990. The zero-order valence-corrected chi connectivity index (χ0v) is 27.0. The van der Waals surface area contributed by atoms with Gasteiger partial charge >= 0.3 is 0 Å². The third-order valence-corrected chi connectivity index (χ3v) is 11.9. The van der Waals surface area contributed by atoms with Crippen LogP contribution in [-0.2, 0) is 18.6 Å². The van der Waals surface area contributed by atoms with Crippen LogP contribution in [0, 0.1) is 3.57 Å². The molecule has 1 amide bonds. The molecule has 9 nitrogen and oxygen atoms in total. The van der Waals surface area contributed by atoms with Gasteiger partial charge in [-0.2, -0.15) is 0 Å². The number of hydrogen-bond acceptors (Lipinski definition) is 8. The Morgan fingerprint density at radius 3 is 2.24 bits per heavy atom. The molecule has 0 aliphatic carbocycles. The van der Waals surface area contributed by atoms with Gasteiger partial charge in [0.05, 0.1) is 63.5 Å². The molecular formula is C27H45IN4O5Si. The summed E-state index contributed by atoms with van der Waals surface area (Å²) in [7, 11) is -1.70. The normalized spacial score (nSPS) is 12.4. The van der Waals surface area contributed by atoms with Crippen LogP contribution in [0.25, 0.3) is 11.0 Å². The predicted molar refractivity (Wildman–Crippen MR) is 162 cm³/mol. The molecule has 1 aromatic carbocycles. The van der Waals surface area contributed by atoms with Gasteiger partial charge in [-0.25, -0.2) is 4.98 Å². The number of rotatable bonds is 18. The SMILES string of the molecule is CCN(CCNC(=O)c1cnc2cc(I)ccc2n1)CCOCCOCCOCCO[Si](C)(C)C(C)(C)C. The van der Waals surface area contributed by atoms with Crippen molar-refractivity contribution in [1.82, 2.24) is 20.2 Å². The summed E-state index contributed by atoms with van der Waals surface area (Å²) in [4.78, 5) is 23.5. The van der Waals surface area contributed by atoms with Gasteiger partial charge in [0.1, 0.15) is 5.69 Å². The Morgan fingerprint density at radius 2 is 1.61 bits per heavy atom. The summed E-state index contributed by atoms with van der Waals surface area (Å²) in [5.74, 6) is -0.213. The third kappa shape index (κ3) is 11.9. The Kier molecular flexibility index (Phi) is 14.6. The van der Waals surface area contributed by atoms with E-state index in [4.69, 9.17) is 18.6 Å². The molecule has 1 heterocycles. The summed E-state index contributed by atoms with van der Waals surface area (Å²) in [6.45, 7) is 20.3. The summed E-state index contributed by atoms with van der Waals surface area (Å²) in [6, 6.07) is 5.78. The lowest BCUT2D eigenvalue weighted by molar-refractivity contribution is 0.00554. The number of hydrogen-bond donors (Lipinski definition) is 1. The van der Waals surface area contributed by atoms with Crippen molar-refractivity contribution in [2.75, 3.05) is 72.4 Å². The van der Waals surface area contributed by atoms with E-state index in [0.717, 1.165) is 28.7 Å². The number of halogens is 1. The fraction of sp³-hybridized carbons (Fsp3) is 0.667. The molecule has 0 aliphatic rings. The van der Waals surface area contributed by atoms with Crippen LogP contribution in [0.1, 0.15) is 38.2 Å². The molecule has 0 atom stereocenters. The van der Waals surface area contributed by atoms with Crippen LogP contribution in [0.15, 0.2) is 24.4 Å². The molecule has 0 unspecified atom stereocenters. The van der Waals surface area contributed by atoms with Gasteiger partial charge in [0.15, 0.2) is 8.32 Å². The summed E-state index contributed by atoms with van der Waals surface area (Å²) in [5.41, 5.74) is 1.83. The topological polar surface area (TPSA) is 95.0 Å². The Labute approximate surface area is 242 Å². The number of likely N-dealkylation sites (N-methyl/N-ethyl adjacent to an activating group) is 1. The molecule has 2 aromatic rings. The first kappa shape index (κ1) is 33.0. The summed E-state index contributed by atoms with van der Waals surface area (Å²) < 4.78 is 24.1. The quantitative estimate of drug-likeness (QED) is 0.143. The molecule has 0 aliphatic heterocycles. The highest BCUT2D eigenvalue weighted by Crippen LogP contribution is 2.36. The van der Waals surface area contributed by atoms with E-state index in [1.165, 1.54) is 6.20 Å². The van der Waals surface area contributed by atoms with Crippen molar-refractivity contribution in [3.05, 3.63) is 33.7 Å². The number of amides is 1. The maximum Gasteiger partial charge on any atom is 0.271 e.